The molecule has 1 rings (SSSR count). The maximum atomic E-state index is 10.8. The molecular formula is C8H17O10P. The predicted molar refractivity (Wildman–Crippen MR) is 57.7 cm³/mol. The molecule has 19 heavy (non-hydrogen) atoms. The Hall–Kier alpha value is -0.130. The average molecular weight is 304 g/mol. The van der Waals surface area contributed by atoms with E-state index in [4.69, 9.17) is 24.4 Å². The zero-order valence-corrected chi connectivity index (χ0v) is 10.8. The van der Waals surface area contributed by atoms with Gasteiger partial charge in [-0.05, 0) is 0 Å². The minimum Gasteiger partial charge on any atom is -0.394 e. The number of hydrogen-bond acceptors (Lipinski definition) is 8. The third-order valence-corrected chi connectivity index (χ3v) is 3.16. The normalized spacial score (nSPS) is 38.2. The monoisotopic (exact) mass is 304 g/mol. The van der Waals surface area contributed by atoms with E-state index < -0.39 is 51.2 Å². The van der Waals surface area contributed by atoms with Crippen molar-refractivity contribution in [2.75, 3.05) is 13.7 Å². The molecule has 10 nitrogen and oxygen atoms in total. The van der Waals surface area contributed by atoms with Crippen molar-refractivity contribution in [3.63, 3.8) is 0 Å². The fraction of sp³-hybridized carbons (Fsp3) is 1.00. The molecular weight excluding hydrogens is 287 g/mol. The van der Waals surface area contributed by atoms with Gasteiger partial charge in [-0.2, -0.15) is 0 Å². The van der Waals surface area contributed by atoms with Crippen LogP contribution >= 0.6 is 7.82 Å². The lowest BCUT2D eigenvalue weighted by Crippen LogP contribution is -2.62. The van der Waals surface area contributed by atoms with Gasteiger partial charge in [0.25, 0.3) is 0 Å². The molecule has 1 heterocycles. The first-order valence-electron chi connectivity index (χ1n) is 5.28. The molecule has 0 aromatic rings. The van der Waals surface area contributed by atoms with Crippen LogP contribution in [0.4, 0.5) is 0 Å². The van der Waals surface area contributed by atoms with Crippen molar-refractivity contribution in [2.45, 2.75) is 36.8 Å². The SMILES string of the molecule is CO[C@@H]1O[C@H]([C@@H](O)CO)[C@@H](OP(=O)(O)O)[C@H](O)[C@@H]1O. The fourth-order valence-corrected chi connectivity index (χ4v) is 2.31. The maximum absolute atomic E-state index is 10.8. The van der Waals surface area contributed by atoms with Crippen LogP contribution in [0, 0.1) is 0 Å². The van der Waals surface area contributed by atoms with Crippen molar-refractivity contribution in [1.29, 1.82) is 0 Å². The maximum Gasteiger partial charge on any atom is 0.470 e. The summed E-state index contributed by atoms with van der Waals surface area (Å²) in [6, 6.07) is 0. The van der Waals surface area contributed by atoms with E-state index in [1.807, 2.05) is 0 Å². The zero-order valence-electron chi connectivity index (χ0n) is 9.93. The van der Waals surface area contributed by atoms with Crippen molar-refractivity contribution in [1.82, 2.24) is 0 Å². The van der Waals surface area contributed by atoms with Gasteiger partial charge in [0, 0.05) is 7.11 Å². The molecule has 114 valence electrons. The van der Waals surface area contributed by atoms with E-state index in [-0.39, 0.29) is 0 Å². The first-order chi connectivity index (χ1) is 8.71. The smallest absolute Gasteiger partial charge is 0.394 e. The lowest BCUT2D eigenvalue weighted by atomic mass is 9.95. The Bertz CT molecular complexity index is 331. The molecule has 0 radical (unpaired) electrons. The minimum atomic E-state index is -5.00. The molecule has 0 amide bonds. The van der Waals surface area contributed by atoms with Gasteiger partial charge in [-0.1, -0.05) is 0 Å². The van der Waals surface area contributed by atoms with E-state index in [2.05, 4.69) is 4.52 Å². The summed E-state index contributed by atoms with van der Waals surface area (Å²) < 4.78 is 24.8. The third kappa shape index (κ3) is 4.17. The van der Waals surface area contributed by atoms with Gasteiger partial charge in [0.1, 0.15) is 30.5 Å². The van der Waals surface area contributed by atoms with Gasteiger partial charge in [0.05, 0.1) is 6.61 Å². The van der Waals surface area contributed by atoms with Crippen molar-refractivity contribution >= 4 is 7.82 Å². The van der Waals surface area contributed by atoms with E-state index in [9.17, 15) is 19.9 Å². The fourth-order valence-electron chi connectivity index (χ4n) is 1.75. The first kappa shape index (κ1) is 16.9. The predicted octanol–water partition coefficient (Wildman–Crippen LogP) is -3.09. The van der Waals surface area contributed by atoms with Gasteiger partial charge in [-0.3, -0.25) is 4.52 Å². The second-order valence-corrected chi connectivity index (χ2v) is 5.19. The molecule has 0 unspecified atom stereocenters. The summed E-state index contributed by atoms with van der Waals surface area (Å²) >= 11 is 0. The summed E-state index contributed by atoms with van der Waals surface area (Å²) in [6.45, 7) is -0.801. The topological polar surface area (TPSA) is 166 Å². The Kier molecular flexibility index (Phi) is 5.83. The van der Waals surface area contributed by atoms with Crippen LogP contribution < -0.4 is 0 Å². The Morgan fingerprint density at radius 2 is 1.89 bits per heavy atom. The summed E-state index contributed by atoms with van der Waals surface area (Å²) in [6.07, 6.45) is -9.55. The highest BCUT2D eigenvalue weighted by atomic mass is 31.2. The minimum absolute atomic E-state index is 0.801. The molecule has 1 aliphatic heterocycles. The molecule has 11 heteroatoms. The number of aliphatic hydroxyl groups is 4. The second-order valence-electron chi connectivity index (χ2n) is 4.00. The lowest BCUT2D eigenvalue weighted by Gasteiger charge is -2.42. The summed E-state index contributed by atoms with van der Waals surface area (Å²) in [7, 11) is -3.84. The molecule has 0 aromatic heterocycles. The summed E-state index contributed by atoms with van der Waals surface area (Å²) in [4.78, 5) is 17.5. The van der Waals surface area contributed by atoms with Crippen LogP contribution in [0.5, 0.6) is 0 Å². The zero-order chi connectivity index (χ0) is 14.8. The molecule has 1 saturated heterocycles. The molecule has 0 aliphatic carbocycles. The number of ether oxygens (including phenoxy) is 2. The number of phosphoric ester groups is 1. The van der Waals surface area contributed by atoms with E-state index in [0.717, 1.165) is 7.11 Å². The van der Waals surface area contributed by atoms with Crippen LogP contribution in [0.2, 0.25) is 0 Å². The highest BCUT2D eigenvalue weighted by molar-refractivity contribution is 7.46. The van der Waals surface area contributed by atoms with E-state index in [0.29, 0.717) is 0 Å². The molecule has 6 N–H and O–H groups in total. The van der Waals surface area contributed by atoms with Crippen LogP contribution in [-0.4, -0.2) is 80.7 Å². The summed E-state index contributed by atoms with van der Waals surface area (Å²) in [5.41, 5.74) is 0. The van der Waals surface area contributed by atoms with Gasteiger partial charge < -0.3 is 39.7 Å². The molecule has 1 aliphatic rings. The number of phosphoric acid groups is 1. The average Bonchev–Trinajstić information content (AvgIpc) is 2.33. The number of rotatable bonds is 5. The van der Waals surface area contributed by atoms with Gasteiger partial charge in [0.15, 0.2) is 6.29 Å². The molecule has 0 saturated carbocycles. The molecule has 1 fully saturated rings. The highest BCUT2D eigenvalue weighted by Crippen LogP contribution is 2.41. The van der Waals surface area contributed by atoms with Crippen LogP contribution in [0.1, 0.15) is 0 Å². The third-order valence-electron chi connectivity index (χ3n) is 2.64. The van der Waals surface area contributed by atoms with E-state index >= 15 is 0 Å². The van der Waals surface area contributed by atoms with E-state index in [1.54, 1.807) is 0 Å². The molecule has 0 bridgehead atoms. The standard InChI is InChI=1S/C8H17O10P/c1-16-8-5(12)4(11)7(18-19(13,14)15)6(17-8)3(10)2-9/h3-12H,2H2,1H3,(H2,13,14,15)/t3-,4+,5-,6+,7-,8+/m0/s1. The molecule has 0 aromatic carbocycles. The van der Waals surface area contributed by atoms with Crippen LogP contribution in [0.25, 0.3) is 0 Å². The van der Waals surface area contributed by atoms with Crippen molar-refractivity contribution in [2.24, 2.45) is 0 Å². The number of hydrogen-bond donors (Lipinski definition) is 6. The van der Waals surface area contributed by atoms with Crippen molar-refractivity contribution in [3.8, 4) is 0 Å². The van der Waals surface area contributed by atoms with Gasteiger partial charge in [-0.15, -0.1) is 0 Å². The second kappa shape index (κ2) is 6.55. The van der Waals surface area contributed by atoms with E-state index in [1.165, 1.54) is 0 Å². The van der Waals surface area contributed by atoms with Gasteiger partial charge in [-0.25, -0.2) is 4.57 Å². The summed E-state index contributed by atoms with van der Waals surface area (Å²) in [5.74, 6) is 0. The Morgan fingerprint density at radius 3 is 2.32 bits per heavy atom. The van der Waals surface area contributed by atoms with Crippen LogP contribution in [-0.2, 0) is 18.6 Å². The highest BCUT2D eigenvalue weighted by Gasteiger charge is 2.50. The van der Waals surface area contributed by atoms with Crippen molar-refractivity contribution in [3.05, 3.63) is 0 Å². The quantitative estimate of drug-likeness (QED) is 0.286. The lowest BCUT2D eigenvalue weighted by molar-refractivity contribution is -0.302. The summed E-state index contributed by atoms with van der Waals surface area (Å²) in [5, 5.41) is 37.7. The Balaban J connectivity index is 2.96. The van der Waals surface area contributed by atoms with Gasteiger partial charge in [0.2, 0.25) is 0 Å². The Morgan fingerprint density at radius 1 is 1.32 bits per heavy atom. The first-order valence-corrected chi connectivity index (χ1v) is 6.81. The Labute approximate surface area is 108 Å². The van der Waals surface area contributed by atoms with Crippen molar-refractivity contribution < 1.29 is 48.8 Å². The van der Waals surface area contributed by atoms with Crippen LogP contribution in [0.3, 0.4) is 0 Å². The number of methoxy groups -OCH3 is 1. The number of aliphatic hydroxyl groups excluding tert-OH is 4. The molecule has 0 spiro atoms. The van der Waals surface area contributed by atoms with Gasteiger partial charge >= 0.3 is 7.82 Å². The molecule has 6 atom stereocenters. The van der Waals surface area contributed by atoms with Crippen LogP contribution in [0.15, 0.2) is 0 Å². The largest absolute Gasteiger partial charge is 0.470 e.